The van der Waals surface area contributed by atoms with Crippen molar-refractivity contribution in [2.24, 2.45) is 11.8 Å². The molecule has 0 aromatic carbocycles. The number of carbonyl (C=O) groups excluding carboxylic acids is 1. The highest BCUT2D eigenvalue weighted by Crippen LogP contribution is 2.26. The average molecular weight is 382 g/mol. The molecule has 0 aromatic heterocycles. The van der Waals surface area contributed by atoms with Gasteiger partial charge in [0.05, 0.1) is 0 Å². The van der Waals surface area contributed by atoms with E-state index in [1.807, 2.05) is 7.05 Å². The number of carbonyl (C=O) groups is 1. The highest BCUT2D eigenvalue weighted by atomic mass is 35.5. The average Bonchev–Trinajstić information content (AvgIpc) is 2.56. The van der Waals surface area contributed by atoms with Gasteiger partial charge in [0.15, 0.2) is 0 Å². The second-order valence-electron chi connectivity index (χ2n) is 7.35. The topological polar surface area (TPSA) is 35.6 Å². The summed E-state index contributed by atoms with van der Waals surface area (Å²) in [7, 11) is 2.03. The predicted molar refractivity (Wildman–Crippen MR) is 106 cm³/mol. The number of rotatable bonds is 6. The highest BCUT2D eigenvalue weighted by molar-refractivity contribution is 5.85. The largest absolute Gasteiger partial charge is 0.343 e. The zero-order valence-electron chi connectivity index (χ0n) is 15.6. The Kier molecular flexibility index (Phi) is 12.3. The lowest BCUT2D eigenvalue weighted by molar-refractivity contribution is -0.134. The van der Waals surface area contributed by atoms with Crippen LogP contribution in [0.25, 0.3) is 0 Å². The van der Waals surface area contributed by atoms with Crippen LogP contribution in [0.15, 0.2) is 0 Å². The smallest absolute Gasteiger partial charge is 0.222 e. The number of piperidine rings is 2. The van der Waals surface area contributed by atoms with Crippen LogP contribution in [0.3, 0.4) is 0 Å². The normalized spacial score (nSPS) is 21.5. The number of halogens is 2. The lowest BCUT2D eigenvalue weighted by Gasteiger charge is -2.37. The molecular formula is C18H37Cl2N3O. The molecule has 2 saturated heterocycles. The Balaban J connectivity index is 0.00000264. The molecule has 0 saturated carbocycles. The van der Waals surface area contributed by atoms with Gasteiger partial charge in [0, 0.05) is 32.6 Å². The first-order chi connectivity index (χ1) is 10.6. The SMILES string of the molecule is CCCN1CCC(N(C)C(=O)CC(C)C2CCNCC2)CC1.Cl.Cl. The van der Waals surface area contributed by atoms with Gasteiger partial charge in [-0.1, -0.05) is 13.8 Å². The van der Waals surface area contributed by atoms with Gasteiger partial charge in [-0.05, 0) is 63.6 Å². The number of nitrogens with zero attached hydrogens (tertiary/aromatic N) is 2. The van der Waals surface area contributed by atoms with E-state index in [-0.39, 0.29) is 24.8 Å². The minimum Gasteiger partial charge on any atom is -0.343 e. The lowest BCUT2D eigenvalue weighted by atomic mass is 9.84. The Morgan fingerprint density at radius 3 is 2.29 bits per heavy atom. The van der Waals surface area contributed by atoms with Crippen molar-refractivity contribution in [3.05, 3.63) is 0 Å². The van der Waals surface area contributed by atoms with E-state index in [1.54, 1.807) is 0 Å². The lowest BCUT2D eigenvalue weighted by Crippen LogP contribution is -2.46. The van der Waals surface area contributed by atoms with Crippen LogP contribution in [0.1, 0.15) is 52.4 Å². The molecule has 0 aliphatic carbocycles. The van der Waals surface area contributed by atoms with Crippen molar-refractivity contribution in [3.8, 4) is 0 Å². The fourth-order valence-corrected chi connectivity index (χ4v) is 4.05. The molecule has 2 aliphatic heterocycles. The maximum Gasteiger partial charge on any atom is 0.222 e. The Bertz CT molecular complexity index is 343. The standard InChI is InChI=1S/C18H35N3O.2ClH/c1-4-11-21-12-7-17(8-13-21)20(3)18(22)14-15(2)16-5-9-19-10-6-16;;/h15-17,19H,4-14H2,1-3H3;2*1H. The summed E-state index contributed by atoms with van der Waals surface area (Å²) in [5.74, 6) is 1.61. The first kappa shape index (κ1) is 24.0. The molecule has 1 atom stereocenters. The van der Waals surface area contributed by atoms with Crippen molar-refractivity contribution in [1.29, 1.82) is 0 Å². The van der Waals surface area contributed by atoms with Gasteiger partial charge in [-0.15, -0.1) is 24.8 Å². The molecule has 0 aromatic rings. The zero-order valence-corrected chi connectivity index (χ0v) is 17.3. The number of likely N-dealkylation sites (tertiary alicyclic amines) is 1. The third-order valence-electron chi connectivity index (χ3n) is 5.72. The summed E-state index contributed by atoms with van der Waals surface area (Å²) in [6.07, 6.45) is 6.71. The Labute approximate surface area is 160 Å². The van der Waals surface area contributed by atoms with Gasteiger partial charge in [0.1, 0.15) is 0 Å². The molecule has 2 rings (SSSR count). The summed E-state index contributed by atoms with van der Waals surface area (Å²) >= 11 is 0. The molecule has 144 valence electrons. The van der Waals surface area contributed by atoms with E-state index < -0.39 is 0 Å². The van der Waals surface area contributed by atoms with E-state index in [2.05, 4.69) is 29.0 Å². The molecule has 24 heavy (non-hydrogen) atoms. The van der Waals surface area contributed by atoms with Crippen LogP contribution >= 0.6 is 24.8 Å². The second-order valence-corrected chi connectivity index (χ2v) is 7.35. The van der Waals surface area contributed by atoms with Crippen molar-refractivity contribution in [3.63, 3.8) is 0 Å². The third-order valence-corrected chi connectivity index (χ3v) is 5.72. The Morgan fingerprint density at radius 2 is 1.75 bits per heavy atom. The molecule has 0 radical (unpaired) electrons. The Hall–Kier alpha value is -0.0300. The van der Waals surface area contributed by atoms with Crippen LogP contribution in [-0.2, 0) is 4.79 Å². The van der Waals surface area contributed by atoms with E-state index in [1.165, 1.54) is 25.8 Å². The van der Waals surface area contributed by atoms with Crippen molar-refractivity contribution in [2.75, 3.05) is 39.8 Å². The van der Waals surface area contributed by atoms with Crippen LogP contribution in [-0.4, -0.2) is 61.5 Å². The number of nitrogens with one attached hydrogen (secondary N) is 1. The van der Waals surface area contributed by atoms with Crippen LogP contribution in [0.4, 0.5) is 0 Å². The summed E-state index contributed by atoms with van der Waals surface area (Å²) in [5.41, 5.74) is 0. The maximum absolute atomic E-state index is 12.6. The molecular weight excluding hydrogens is 345 g/mol. The zero-order chi connectivity index (χ0) is 15.9. The van der Waals surface area contributed by atoms with Gasteiger partial charge < -0.3 is 15.1 Å². The quantitative estimate of drug-likeness (QED) is 0.766. The second kappa shape index (κ2) is 12.3. The van der Waals surface area contributed by atoms with Crippen molar-refractivity contribution < 1.29 is 4.79 Å². The first-order valence-electron chi connectivity index (χ1n) is 9.30. The molecule has 1 unspecified atom stereocenters. The van der Waals surface area contributed by atoms with Crippen LogP contribution in [0, 0.1) is 11.8 Å². The van der Waals surface area contributed by atoms with E-state index in [0.29, 0.717) is 17.9 Å². The molecule has 2 heterocycles. The van der Waals surface area contributed by atoms with Crippen LogP contribution in [0.5, 0.6) is 0 Å². The van der Waals surface area contributed by atoms with E-state index >= 15 is 0 Å². The van der Waals surface area contributed by atoms with Gasteiger partial charge in [0.2, 0.25) is 5.91 Å². The van der Waals surface area contributed by atoms with Crippen LogP contribution in [0.2, 0.25) is 0 Å². The summed E-state index contributed by atoms with van der Waals surface area (Å²) < 4.78 is 0. The minimum absolute atomic E-state index is 0. The fraction of sp³-hybridized carbons (Fsp3) is 0.944. The van der Waals surface area contributed by atoms with Gasteiger partial charge in [-0.3, -0.25) is 4.79 Å². The van der Waals surface area contributed by atoms with Crippen molar-refractivity contribution in [1.82, 2.24) is 15.1 Å². The van der Waals surface area contributed by atoms with Crippen molar-refractivity contribution >= 4 is 30.7 Å². The summed E-state index contributed by atoms with van der Waals surface area (Å²) in [6.45, 7) is 10.3. The van der Waals surface area contributed by atoms with E-state index in [0.717, 1.165) is 51.4 Å². The number of hydrogen-bond donors (Lipinski definition) is 1. The maximum atomic E-state index is 12.6. The van der Waals surface area contributed by atoms with E-state index in [4.69, 9.17) is 0 Å². The molecule has 6 heteroatoms. The van der Waals surface area contributed by atoms with Gasteiger partial charge in [0.25, 0.3) is 0 Å². The minimum atomic E-state index is 0. The van der Waals surface area contributed by atoms with Gasteiger partial charge in [-0.2, -0.15) is 0 Å². The third kappa shape index (κ3) is 7.07. The molecule has 1 N–H and O–H groups in total. The molecule has 0 bridgehead atoms. The molecule has 4 nitrogen and oxygen atoms in total. The van der Waals surface area contributed by atoms with E-state index in [9.17, 15) is 4.79 Å². The number of amides is 1. The van der Waals surface area contributed by atoms with Crippen molar-refractivity contribution in [2.45, 2.75) is 58.4 Å². The monoisotopic (exact) mass is 381 g/mol. The fourth-order valence-electron chi connectivity index (χ4n) is 4.05. The summed E-state index contributed by atoms with van der Waals surface area (Å²) in [6, 6.07) is 0.459. The molecule has 0 spiro atoms. The molecule has 1 amide bonds. The summed E-state index contributed by atoms with van der Waals surface area (Å²) in [4.78, 5) is 17.2. The van der Waals surface area contributed by atoms with Gasteiger partial charge in [-0.25, -0.2) is 0 Å². The van der Waals surface area contributed by atoms with Crippen LogP contribution < -0.4 is 5.32 Å². The molecule has 2 fully saturated rings. The summed E-state index contributed by atoms with van der Waals surface area (Å²) in [5, 5.41) is 3.41. The predicted octanol–water partition coefficient (Wildman–Crippen LogP) is 3.19. The Morgan fingerprint density at radius 1 is 1.17 bits per heavy atom. The van der Waals surface area contributed by atoms with Gasteiger partial charge >= 0.3 is 0 Å². The number of hydrogen-bond acceptors (Lipinski definition) is 3. The molecule has 2 aliphatic rings. The highest BCUT2D eigenvalue weighted by Gasteiger charge is 2.28. The first-order valence-corrected chi connectivity index (χ1v) is 9.30.